The average Bonchev–Trinajstić information content (AvgIpc) is 3.00. The minimum Gasteiger partial charge on any atom is -0.359 e. The molecule has 0 spiro atoms. The lowest BCUT2D eigenvalue weighted by atomic mass is 10.2. The molecule has 0 aromatic carbocycles. The van der Waals surface area contributed by atoms with E-state index in [0.29, 0.717) is 12.3 Å². The van der Waals surface area contributed by atoms with Crippen LogP contribution in [0.5, 0.6) is 0 Å². The lowest BCUT2D eigenvalue weighted by Crippen LogP contribution is -2.38. The molecule has 0 aliphatic heterocycles. The summed E-state index contributed by atoms with van der Waals surface area (Å²) in [4.78, 5) is 19.4. The Labute approximate surface area is 128 Å². The van der Waals surface area contributed by atoms with Gasteiger partial charge in [-0.3, -0.25) is 0 Å². The number of hydrogen-bond acceptors (Lipinski definition) is 5. The first kappa shape index (κ1) is 15.5. The van der Waals surface area contributed by atoms with Gasteiger partial charge in [0, 0.05) is 18.0 Å². The van der Waals surface area contributed by atoms with Crippen LogP contribution < -0.4 is 5.32 Å². The van der Waals surface area contributed by atoms with E-state index >= 15 is 0 Å². The molecule has 2 aromatic heterocycles. The van der Waals surface area contributed by atoms with Gasteiger partial charge in [-0.05, 0) is 27.7 Å². The van der Waals surface area contributed by atoms with Crippen LogP contribution >= 0.6 is 11.3 Å². The van der Waals surface area contributed by atoms with Crippen LogP contribution in [0.25, 0.3) is 0 Å². The summed E-state index contributed by atoms with van der Waals surface area (Å²) in [6.45, 7) is 8.12. The van der Waals surface area contributed by atoms with Gasteiger partial charge in [0.25, 0.3) is 0 Å². The molecule has 0 aliphatic carbocycles. The highest BCUT2D eigenvalue weighted by molar-refractivity contribution is 7.11. The van der Waals surface area contributed by atoms with Gasteiger partial charge in [0.1, 0.15) is 0 Å². The van der Waals surface area contributed by atoms with E-state index in [1.165, 1.54) is 0 Å². The fourth-order valence-corrected chi connectivity index (χ4v) is 3.10. The molecule has 21 heavy (non-hydrogen) atoms. The highest BCUT2D eigenvalue weighted by atomic mass is 32.1. The number of aromatic nitrogens is 2. The van der Waals surface area contributed by atoms with E-state index < -0.39 is 0 Å². The van der Waals surface area contributed by atoms with Crippen molar-refractivity contribution in [2.75, 3.05) is 7.05 Å². The first-order valence-electron chi connectivity index (χ1n) is 6.75. The predicted octanol–water partition coefficient (Wildman–Crippen LogP) is 2.96. The van der Waals surface area contributed by atoms with Gasteiger partial charge >= 0.3 is 6.03 Å². The third-order valence-electron chi connectivity index (χ3n) is 3.31. The number of carbonyl (C=O) groups excluding carboxylic acids is 1. The molecule has 0 radical (unpaired) electrons. The maximum atomic E-state index is 12.2. The number of amides is 2. The van der Waals surface area contributed by atoms with E-state index in [2.05, 4.69) is 15.5 Å². The third-order valence-corrected chi connectivity index (χ3v) is 4.55. The zero-order valence-corrected chi connectivity index (χ0v) is 13.7. The molecule has 2 rings (SSSR count). The second kappa shape index (κ2) is 6.26. The van der Waals surface area contributed by atoms with Gasteiger partial charge in [0.15, 0.2) is 5.76 Å². The zero-order chi connectivity index (χ0) is 15.6. The second-order valence-electron chi connectivity index (χ2n) is 5.06. The number of nitrogens with one attached hydrogen (secondary N) is 1. The number of hydrogen-bond donors (Lipinski definition) is 1. The van der Waals surface area contributed by atoms with Crippen molar-refractivity contribution in [2.24, 2.45) is 0 Å². The summed E-state index contributed by atoms with van der Waals surface area (Å²) in [5.41, 5.74) is 1.78. The van der Waals surface area contributed by atoms with Crippen molar-refractivity contribution in [3.05, 3.63) is 33.1 Å². The first-order valence-corrected chi connectivity index (χ1v) is 7.57. The molecule has 2 heterocycles. The SMILES string of the molecule is Cc1cc(CNC(=O)N(C)[C@@H](C)c2sc(C)nc2C)on1. The fourth-order valence-electron chi connectivity index (χ4n) is 2.07. The lowest BCUT2D eigenvalue weighted by molar-refractivity contribution is 0.193. The number of nitrogens with zero attached hydrogens (tertiary/aromatic N) is 3. The Bertz CT molecular complexity index is 635. The van der Waals surface area contributed by atoms with Gasteiger partial charge in [-0.2, -0.15) is 0 Å². The maximum Gasteiger partial charge on any atom is 0.318 e. The van der Waals surface area contributed by atoms with Gasteiger partial charge in [-0.25, -0.2) is 9.78 Å². The van der Waals surface area contributed by atoms with Gasteiger partial charge in [0.2, 0.25) is 0 Å². The summed E-state index contributed by atoms with van der Waals surface area (Å²) in [6, 6.07) is 1.63. The number of rotatable bonds is 4. The topological polar surface area (TPSA) is 71.3 Å². The van der Waals surface area contributed by atoms with E-state index in [9.17, 15) is 4.79 Å². The smallest absolute Gasteiger partial charge is 0.318 e. The Morgan fingerprint density at radius 2 is 2.19 bits per heavy atom. The summed E-state index contributed by atoms with van der Waals surface area (Å²) < 4.78 is 5.07. The number of thiazole rings is 1. The van der Waals surface area contributed by atoms with Crippen molar-refractivity contribution in [3.8, 4) is 0 Å². The monoisotopic (exact) mass is 308 g/mol. The van der Waals surface area contributed by atoms with E-state index in [1.54, 1.807) is 29.4 Å². The molecule has 2 amide bonds. The normalized spacial score (nSPS) is 12.2. The molecule has 0 bridgehead atoms. The Balaban J connectivity index is 1.96. The number of aryl methyl sites for hydroxylation is 3. The molecule has 0 fully saturated rings. The van der Waals surface area contributed by atoms with E-state index in [0.717, 1.165) is 21.3 Å². The van der Waals surface area contributed by atoms with Gasteiger partial charge < -0.3 is 14.7 Å². The van der Waals surface area contributed by atoms with Crippen molar-refractivity contribution >= 4 is 17.4 Å². The van der Waals surface area contributed by atoms with Crippen LogP contribution in [0.3, 0.4) is 0 Å². The molecule has 114 valence electrons. The van der Waals surface area contributed by atoms with Crippen molar-refractivity contribution in [1.82, 2.24) is 20.4 Å². The van der Waals surface area contributed by atoms with Crippen LogP contribution in [0.4, 0.5) is 4.79 Å². The van der Waals surface area contributed by atoms with Crippen LogP contribution in [-0.2, 0) is 6.54 Å². The van der Waals surface area contributed by atoms with Crippen LogP contribution in [-0.4, -0.2) is 28.1 Å². The van der Waals surface area contributed by atoms with Crippen molar-refractivity contribution in [2.45, 2.75) is 40.3 Å². The van der Waals surface area contributed by atoms with Gasteiger partial charge in [-0.15, -0.1) is 11.3 Å². The van der Waals surface area contributed by atoms with E-state index in [1.807, 2.05) is 27.7 Å². The van der Waals surface area contributed by atoms with Crippen LogP contribution in [0.1, 0.15) is 40.0 Å². The Hall–Kier alpha value is -1.89. The second-order valence-corrected chi connectivity index (χ2v) is 6.30. The van der Waals surface area contributed by atoms with Crippen LogP contribution in [0.2, 0.25) is 0 Å². The van der Waals surface area contributed by atoms with Crippen molar-refractivity contribution in [1.29, 1.82) is 0 Å². The van der Waals surface area contributed by atoms with E-state index in [4.69, 9.17) is 4.52 Å². The summed E-state index contributed by atoms with van der Waals surface area (Å²) >= 11 is 1.62. The highest BCUT2D eigenvalue weighted by Crippen LogP contribution is 2.28. The minimum absolute atomic E-state index is 0.0207. The molecule has 0 unspecified atom stereocenters. The number of carbonyl (C=O) groups is 1. The maximum absolute atomic E-state index is 12.2. The summed E-state index contributed by atoms with van der Waals surface area (Å²) in [5.74, 6) is 0.645. The number of urea groups is 1. The predicted molar refractivity (Wildman–Crippen MR) is 81.2 cm³/mol. The van der Waals surface area contributed by atoms with Crippen LogP contribution in [0.15, 0.2) is 10.6 Å². The largest absolute Gasteiger partial charge is 0.359 e. The summed E-state index contributed by atoms with van der Waals surface area (Å²) in [5, 5.41) is 7.63. The van der Waals surface area contributed by atoms with E-state index in [-0.39, 0.29) is 12.1 Å². The molecule has 7 heteroatoms. The average molecular weight is 308 g/mol. The molecular weight excluding hydrogens is 288 g/mol. The highest BCUT2D eigenvalue weighted by Gasteiger charge is 2.21. The Morgan fingerprint density at radius 3 is 2.71 bits per heavy atom. The fraction of sp³-hybridized carbons (Fsp3) is 0.500. The third kappa shape index (κ3) is 3.60. The quantitative estimate of drug-likeness (QED) is 0.942. The molecule has 0 saturated carbocycles. The summed E-state index contributed by atoms with van der Waals surface area (Å²) in [7, 11) is 1.78. The lowest BCUT2D eigenvalue weighted by Gasteiger charge is -2.24. The Morgan fingerprint density at radius 1 is 1.48 bits per heavy atom. The van der Waals surface area contributed by atoms with Crippen molar-refractivity contribution in [3.63, 3.8) is 0 Å². The van der Waals surface area contributed by atoms with Crippen LogP contribution in [0, 0.1) is 20.8 Å². The molecule has 6 nitrogen and oxygen atoms in total. The molecule has 1 atom stereocenters. The molecule has 2 aromatic rings. The van der Waals surface area contributed by atoms with Gasteiger partial charge in [0.05, 0.1) is 29.0 Å². The first-order chi connectivity index (χ1) is 9.88. The zero-order valence-electron chi connectivity index (χ0n) is 12.9. The molecular formula is C14H20N4O2S. The molecule has 0 saturated heterocycles. The standard InChI is InChI=1S/C14H20N4O2S/c1-8-6-12(20-17-8)7-15-14(19)18(5)10(3)13-9(2)16-11(4)21-13/h6,10H,7H2,1-5H3,(H,15,19)/t10-/m0/s1. The molecule has 0 aliphatic rings. The van der Waals surface area contributed by atoms with Crippen molar-refractivity contribution < 1.29 is 9.32 Å². The molecule has 1 N–H and O–H groups in total. The minimum atomic E-state index is -0.151. The van der Waals surface area contributed by atoms with Gasteiger partial charge in [-0.1, -0.05) is 5.16 Å². The summed E-state index contributed by atoms with van der Waals surface area (Å²) in [6.07, 6.45) is 0. The Kier molecular flexibility index (Phi) is 4.62.